The van der Waals surface area contributed by atoms with Gasteiger partial charge in [0.1, 0.15) is 5.41 Å². The fourth-order valence-electron chi connectivity index (χ4n) is 2.79. The lowest BCUT2D eigenvalue weighted by atomic mass is 10.0. The van der Waals surface area contributed by atoms with Gasteiger partial charge in [0.05, 0.1) is 5.56 Å². The van der Waals surface area contributed by atoms with E-state index in [0.717, 1.165) is 23.3 Å². The summed E-state index contributed by atoms with van der Waals surface area (Å²) in [5.74, 6) is -0.911. The van der Waals surface area contributed by atoms with Crippen LogP contribution in [0.1, 0.15) is 29.5 Å². The molecule has 1 fully saturated rings. The molecule has 1 aliphatic carbocycles. The molecule has 0 atom stereocenters. The molecule has 3 rings (SSSR count). The predicted octanol–water partition coefficient (Wildman–Crippen LogP) is 4.68. The van der Waals surface area contributed by atoms with E-state index in [1.54, 1.807) is 0 Å². The molecule has 0 heterocycles. The molecule has 2 N–H and O–H groups in total. The van der Waals surface area contributed by atoms with Gasteiger partial charge in [-0.25, -0.2) is 0 Å². The van der Waals surface area contributed by atoms with Gasteiger partial charge in [-0.1, -0.05) is 12.1 Å². The van der Waals surface area contributed by atoms with Crippen molar-refractivity contribution in [3.63, 3.8) is 0 Å². The molecule has 0 unspecified atom stereocenters. The highest BCUT2D eigenvalue weighted by atomic mass is 19.4. The Hall–Kier alpha value is -2.83. The zero-order chi connectivity index (χ0) is 19.8. The lowest BCUT2D eigenvalue weighted by Crippen LogP contribution is -2.35. The molecule has 2 aromatic rings. The second-order valence-corrected chi connectivity index (χ2v) is 6.88. The fourth-order valence-corrected chi connectivity index (χ4v) is 2.79. The van der Waals surface area contributed by atoms with E-state index in [1.807, 2.05) is 32.0 Å². The van der Waals surface area contributed by atoms with Crippen LogP contribution in [-0.2, 0) is 15.8 Å². The standard InChI is InChI=1S/C20H19F3N2O2/c1-12-3-4-13(2)16(11-12)25-18(27)19(9-10-19)17(26)24-15-7-5-14(6-8-15)20(21,22)23/h3-8,11H,9-10H2,1-2H3,(H,24,26)(H,25,27). The quantitative estimate of drug-likeness (QED) is 0.762. The minimum Gasteiger partial charge on any atom is -0.325 e. The summed E-state index contributed by atoms with van der Waals surface area (Å²) in [6, 6.07) is 9.79. The van der Waals surface area contributed by atoms with E-state index in [4.69, 9.17) is 0 Å². The van der Waals surface area contributed by atoms with Crippen LogP contribution in [0.15, 0.2) is 42.5 Å². The zero-order valence-electron chi connectivity index (χ0n) is 14.9. The third-order valence-electron chi connectivity index (χ3n) is 4.73. The zero-order valence-corrected chi connectivity index (χ0v) is 14.9. The minimum atomic E-state index is -4.44. The second kappa shape index (κ2) is 6.72. The average Bonchev–Trinajstić information content (AvgIpc) is 3.40. The maximum Gasteiger partial charge on any atom is 0.416 e. The SMILES string of the molecule is Cc1ccc(C)c(NC(=O)C2(C(=O)Nc3ccc(C(F)(F)F)cc3)CC2)c1. The maximum absolute atomic E-state index is 12.7. The van der Waals surface area contributed by atoms with Crippen LogP contribution in [0.2, 0.25) is 0 Å². The first-order valence-corrected chi connectivity index (χ1v) is 8.49. The number of amides is 2. The third-order valence-corrected chi connectivity index (χ3v) is 4.73. The number of aryl methyl sites for hydroxylation is 2. The number of rotatable bonds is 4. The van der Waals surface area contributed by atoms with Crippen LogP contribution in [0.3, 0.4) is 0 Å². The van der Waals surface area contributed by atoms with Crippen LogP contribution in [0.4, 0.5) is 24.5 Å². The van der Waals surface area contributed by atoms with Crippen molar-refractivity contribution in [3.8, 4) is 0 Å². The van der Waals surface area contributed by atoms with E-state index in [-0.39, 0.29) is 5.69 Å². The van der Waals surface area contributed by atoms with Gasteiger partial charge in [0.25, 0.3) is 0 Å². The van der Waals surface area contributed by atoms with E-state index < -0.39 is 29.0 Å². The molecule has 0 saturated heterocycles. The molecule has 142 valence electrons. The molecular weight excluding hydrogens is 357 g/mol. The highest BCUT2D eigenvalue weighted by molar-refractivity contribution is 6.17. The van der Waals surface area contributed by atoms with Crippen LogP contribution >= 0.6 is 0 Å². The topological polar surface area (TPSA) is 58.2 Å². The largest absolute Gasteiger partial charge is 0.416 e. The summed E-state index contributed by atoms with van der Waals surface area (Å²) in [5, 5.41) is 5.35. The number of hydrogen-bond donors (Lipinski definition) is 2. The molecule has 7 heteroatoms. The highest BCUT2D eigenvalue weighted by Crippen LogP contribution is 2.47. The molecule has 0 spiro atoms. The second-order valence-electron chi connectivity index (χ2n) is 6.88. The van der Waals surface area contributed by atoms with Crippen molar-refractivity contribution in [3.05, 3.63) is 59.2 Å². The smallest absolute Gasteiger partial charge is 0.325 e. The van der Waals surface area contributed by atoms with Crippen molar-refractivity contribution >= 4 is 23.2 Å². The van der Waals surface area contributed by atoms with E-state index in [0.29, 0.717) is 18.5 Å². The van der Waals surface area contributed by atoms with Crippen molar-refractivity contribution in [1.82, 2.24) is 0 Å². The Kier molecular flexibility index (Phi) is 4.71. The van der Waals surface area contributed by atoms with Crippen LogP contribution in [0, 0.1) is 19.3 Å². The number of benzene rings is 2. The molecule has 1 aliphatic rings. The Balaban J connectivity index is 1.70. The van der Waals surface area contributed by atoms with Gasteiger partial charge in [0, 0.05) is 11.4 Å². The highest BCUT2D eigenvalue weighted by Gasteiger charge is 2.56. The number of anilines is 2. The first kappa shape index (κ1) is 18.9. The first-order chi connectivity index (χ1) is 12.6. The van der Waals surface area contributed by atoms with Crippen molar-refractivity contribution in [1.29, 1.82) is 0 Å². The number of halogens is 3. The fraction of sp³-hybridized carbons (Fsp3) is 0.300. The van der Waals surface area contributed by atoms with Crippen molar-refractivity contribution < 1.29 is 22.8 Å². The molecule has 2 amide bonds. The van der Waals surface area contributed by atoms with E-state index in [1.165, 1.54) is 12.1 Å². The Morgan fingerprint density at radius 1 is 0.926 bits per heavy atom. The number of nitrogens with one attached hydrogen (secondary N) is 2. The maximum atomic E-state index is 12.7. The van der Waals surface area contributed by atoms with Gasteiger partial charge >= 0.3 is 6.18 Å². The molecule has 4 nitrogen and oxygen atoms in total. The van der Waals surface area contributed by atoms with Crippen molar-refractivity contribution in [2.45, 2.75) is 32.9 Å². The van der Waals surface area contributed by atoms with Gasteiger partial charge in [-0.3, -0.25) is 9.59 Å². The Morgan fingerprint density at radius 3 is 2.07 bits per heavy atom. The summed E-state index contributed by atoms with van der Waals surface area (Å²) < 4.78 is 37.8. The van der Waals surface area contributed by atoms with Gasteiger partial charge in [-0.05, 0) is 68.1 Å². The van der Waals surface area contributed by atoms with Crippen LogP contribution in [0.25, 0.3) is 0 Å². The van der Waals surface area contributed by atoms with E-state index >= 15 is 0 Å². The Morgan fingerprint density at radius 2 is 1.52 bits per heavy atom. The monoisotopic (exact) mass is 376 g/mol. The molecular formula is C20H19F3N2O2. The van der Waals surface area contributed by atoms with Gasteiger partial charge in [0.2, 0.25) is 11.8 Å². The summed E-state index contributed by atoms with van der Waals surface area (Å²) in [6.45, 7) is 3.76. The number of carbonyl (C=O) groups is 2. The van der Waals surface area contributed by atoms with Gasteiger partial charge < -0.3 is 10.6 Å². The first-order valence-electron chi connectivity index (χ1n) is 8.49. The molecule has 0 aromatic heterocycles. The van der Waals surface area contributed by atoms with Crippen molar-refractivity contribution in [2.75, 3.05) is 10.6 Å². The van der Waals surface area contributed by atoms with E-state index in [2.05, 4.69) is 10.6 Å². The molecule has 0 radical (unpaired) electrons. The van der Waals surface area contributed by atoms with Crippen LogP contribution in [0.5, 0.6) is 0 Å². The summed E-state index contributed by atoms with van der Waals surface area (Å²) in [5.41, 5.74) is 0.753. The van der Waals surface area contributed by atoms with Gasteiger partial charge in [-0.15, -0.1) is 0 Å². The predicted molar refractivity (Wildman–Crippen MR) is 96.3 cm³/mol. The van der Waals surface area contributed by atoms with Crippen LogP contribution < -0.4 is 10.6 Å². The summed E-state index contributed by atoms with van der Waals surface area (Å²) in [4.78, 5) is 25.2. The Labute approximate surface area is 154 Å². The average molecular weight is 376 g/mol. The lowest BCUT2D eigenvalue weighted by Gasteiger charge is -2.17. The van der Waals surface area contributed by atoms with Gasteiger partial charge in [0.15, 0.2) is 0 Å². The number of hydrogen-bond acceptors (Lipinski definition) is 2. The molecule has 0 bridgehead atoms. The molecule has 2 aromatic carbocycles. The van der Waals surface area contributed by atoms with Gasteiger partial charge in [-0.2, -0.15) is 13.2 Å². The Bertz CT molecular complexity index is 885. The lowest BCUT2D eigenvalue weighted by molar-refractivity contribution is -0.137. The molecule has 1 saturated carbocycles. The minimum absolute atomic E-state index is 0.221. The van der Waals surface area contributed by atoms with Crippen LogP contribution in [-0.4, -0.2) is 11.8 Å². The normalized spacial score (nSPS) is 15.1. The van der Waals surface area contributed by atoms with E-state index in [9.17, 15) is 22.8 Å². The summed E-state index contributed by atoms with van der Waals surface area (Å²) in [6.07, 6.45) is -3.64. The molecule has 0 aliphatic heterocycles. The number of carbonyl (C=O) groups excluding carboxylic acids is 2. The van der Waals surface area contributed by atoms with Crippen molar-refractivity contribution in [2.24, 2.45) is 5.41 Å². The molecule has 27 heavy (non-hydrogen) atoms. The summed E-state index contributed by atoms with van der Waals surface area (Å²) >= 11 is 0. The third kappa shape index (κ3) is 3.97. The number of alkyl halides is 3. The summed E-state index contributed by atoms with van der Waals surface area (Å²) in [7, 11) is 0.